The third-order valence-corrected chi connectivity index (χ3v) is 3.90. The van der Waals surface area contributed by atoms with Crippen LogP contribution in [0.3, 0.4) is 0 Å². The molecule has 2 amide bonds. The van der Waals surface area contributed by atoms with Crippen molar-refractivity contribution in [2.24, 2.45) is 0 Å². The molecule has 0 aliphatic heterocycles. The Bertz CT molecular complexity index is 730. The molecule has 0 fully saturated rings. The Labute approximate surface area is 150 Å². The largest absolute Gasteiger partial charge is 0.497 e. The van der Waals surface area contributed by atoms with Gasteiger partial charge in [0.05, 0.1) is 7.11 Å². The molecule has 2 rings (SSSR count). The highest BCUT2D eigenvalue weighted by molar-refractivity contribution is 7.14. The number of aromatic nitrogens is 1. The van der Waals surface area contributed by atoms with Crippen LogP contribution < -0.4 is 20.7 Å². The van der Waals surface area contributed by atoms with Gasteiger partial charge in [0.15, 0.2) is 5.13 Å². The fourth-order valence-electron chi connectivity index (χ4n) is 2.03. The van der Waals surface area contributed by atoms with Crippen molar-refractivity contribution in [3.05, 3.63) is 35.3 Å². The molecule has 0 aliphatic rings. The summed E-state index contributed by atoms with van der Waals surface area (Å²) in [5, 5.41) is 10.9. The van der Waals surface area contributed by atoms with Crippen LogP contribution in [0.2, 0.25) is 0 Å². The van der Waals surface area contributed by atoms with Gasteiger partial charge in [-0.25, -0.2) is 4.98 Å². The number of hydrogen-bond acceptors (Lipinski definition) is 6. The lowest BCUT2D eigenvalue weighted by atomic mass is 10.3. The van der Waals surface area contributed by atoms with E-state index in [1.165, 1.54) is 11.3 Å². The molecule has 2 aromatic rings. The Morgan fingerprint density at radius 3 is 2.84 bits per heavy atom. The van der Waals surface area contributed by atoms with Gasteiger partial charge in [0.1, 0.15) is 11.4 Å². The number of carbonyl (C=O) groups excluding carboxylic acids is 2. The lowest BCUT2D eigenvalue weighted by Gasteiger charge is -2.08. The zero-order chi connectivity index (χ0) is 18.2. The quantitative estimate of drug-likeness (QED) is 0.671. The van der Waals surface area contributed by atoms with Gasteiger partial charge in [0.25, 0.3) is 5.91 Å². The second-order valence-corrected chi connectivity index (χ2v) is 6.48. The van der Waals surface area contributed by atoms with Crippen LogP contribution in [0.25, 0.3) is 0 Å². The number of carbonyl (C=O) groups is 2. The van der Waals surface area contributed by atoms with Crippen LogP contribution in [-0.4, -0.2) is 36.5 Å². The summed E-state index contributed by atoms with van der Waals surface area (Å²) in [6.07, 6.45) is 0.239. The highest BCUT2D eigenvalue weighted by Gasteiger charge is 2.11. The van der Waals surface area contributed by atoms with Gasteiger partial charge < -0.3 is 20.7 Å². The van der Waals surface area contributed by atoms with Crippen LogP contribution in [0.1, 0.15) is 30.8 Å². The van der Waals surface area contributed by atoms with Gasteiger partial charge in [-0.15, -0.1) is 11.3 Å². The summed E-state index contributed by atoms with van der Waals surface area (Å²) in [4.78, 5) is 27.9. The Hall–Kier alpha value is -2.61. The van der Waals surface area contributed by atoms with Gasteiger partial charge in [0, 0.05) is 36.1 Å². The van der Waals surface area contributed by atoms with E-state index in [0.29, 0.717) is 10.8 Å². The summed E-state index contributed by atoms with van der Waals surface area (Å²) in [5.74, 6) is 0.348. The Kier molecular flexibility index (Phi) is 6.76. The second kappa shape index (κ2) is 9.03. The number of ether oxygens (including phenoxy) is 1. The topological polar surface area (TPSA) is 92.3 Å². The third-order valence-electron chi connectivity index (χ3n) is 3.15. The van der Waals surface area contributed by atoms with E-state index in [9.17, 15) is 9.59 Å². The molecule has 3 N–H and O–H groups in total. The maximum Gasteiger partial charge on any atom is 0.270 e. The average molecular weight is 362 g/mol. The van der Waals surface area contributed by atoms with Crippen LogP contribution in [-0.2, 0) is 4.79 Å². The first-order chi connectivity index (χ1) is 12.0. The Morgan fingerprint density at radius 2 is 2.12 bits per heavy atom. The molecule has 1 heterocycles. The van der Waals surface area contributed by atoms with Crippen molar-refractivity contribution < 1.29 is 14.3 Å². The van der Waals surface area contributed by atoms with Crippen LogP contribution in [0.15, 0.2) is 29.6 Å². The predicted molar refractivity (Wildman–Crippen MR) is 98.6 cm³/mol. The van der Waals surface area contributed by atoms with Crippen molar-refractivity contribution in [3.63, 3.8) is 0 Å². The first-order valence-corrected chi connectivity index (χ1v) is 8.80. The number of nitrogens with zero attached hydrogens (tertiary/aromatic N) is 1. The van der Waals surface area contributed by atoms with E-state index < -0.39 is 0 Å². The molecule has 0 radical (unpaired) electrons. The molecular formula is C17H22N4O3S. The summed E-state index contributed by atoms with van der Waals surface area (Å²) >= 11 is 1.33. The van der Waals surface area contributed by atoms with Gasteiger partial charge in [-0.2, -0.15) is 0 Å². The molecule has 0 unspecified atom stereocenters. The molecule has 0 atom stereocenters. The Morgan fingerprint density at radius 1 is 1.32 bits per heavy atom. The summed E-state index contributed by atoms with van der Waals surface area (Å²) in [5.41, 5.74) is 1.14. The second-order valence-electron chi connectivity index (χ2n) is 5.62. The summed E-state index contributed by atoms with van der Waals surface area (Å²) < 4.78 is 5.17. The van der Waals surface area contributed by atoms with Crippen LogP contribution >= 0.6 is 11.3 Å². The van der Waals surface area contributed by atoms with Crippen LogP contribution in [0, 0.1) is 0 Å². The summed E-state index contributed by atoms with van der Waals surface area (Å²) in [7, 11) is 1.60. The molecule has 0 bridgehead atoms. The number of rotatable bonds is 8. The maximum atomic E-state index is 12.1. The maximum absolute atomic E-state index is 12.1. The van der Waals surface area contributed by atoms with E-state index in [4.69, 9.17) is 4.74 Å². The molecule has 8 heteroatoms. The number of anilines is 2. The van der Waals surface area contributed by atoms with Gasteiger partial charge in [-0.3, -0.25) is 9.59 Å². The minimum Gasteiger partial charge on any atom is -0.497 e. The van der Waals surface area contributed by atoms with Crippen molar-refractivity contribution in [2.75, 3.05) is 19.0 Å². The average Bonchev–Trinajstić information content (AvgIpc) is 3.03. The van der Waals surface area contributed by atoms with Crippen LogP contribution in [0.5, 0.6) is 5.75 Å². The molecule has 1 aromatic carbocycles. The van der Waals surface area contributed by atoms with Crippen molar-refractivity contribution in [2.45, 2.75) is 26.3 Å². The minimum atomic E-state index is -0.299. The van der Waals surface area contributed by atoms with E-state index >= 15 is 0 Å². The van der Waals surface area contributed by atoms with E-state index in [1.807, 2.05) is 38.1 Å². The number of thiazole rings is 1. The highest BCUT2D eigenvalue weighted by atomic mass is 32.1. The van der Waals surface area contributed by atoms with Crippen molar-refractivity contribution in [1.82, 2.24) is 15.6 Å². The number of nitrogens with one attached hydrogen (secondary N) is 3. The van der Waals surface area contributed by atoms with E-state index in [0.717, 1.165) is 11.4 Å². The van der Waals surface area contributed by atoms with Gasteiger partial charge >= 0.3 is 0 Å². The molecule has 0 saturated carbocycles. The lowest BCUT2D eigenvalue weighted by Crippen LogP contribution is -2.34. The summed E-state index contributed by atoms with van der Waals surface area (Å²) in [6.45, 7) is 4.05. The van der Waals surface area contributed by atoms with Crippen LogP contribution in [0.4, 0.5) is 10.8 Å². The summed E-state index contributed by atoms with van der Waals surface area (Å²) in [6, 6.07) is 7.53. The molecule has 0 spiro atoms. The standard InChI is InChI=1S/C17H22N4O3S/c1-11(2)19-15(22)7-8-18-16(23)14-10-25-17(21-14)20-12-5-4-6-13(9-12)24-3/h4-6,9-11H,7-8H2,1-3H3,(H,18,23)(H,19,22)(H,20,21). The van der Waals surface area contributed by atoms with E-state index in [-0.39, 0.29) is 30.8 Å². The lowest BCUT2D eigenvalue weighted by molar-refractivity contribution is -0.121. The zero-order valence-electron chi connectivity index (χ0n) is 14.5. The van der Waals surface area contributed by atoms with Gasteiger partial charge in [0.2, 0.25) is 5.91 Å². The first kappa shape index (κ1) is 18.7. The molecule has 134 valence electrons. The monoisotopic (exact) mass is 362 g/mol. The number of methoxy groups -OCH3 is 1. The SMILES string of the molecule is COc1cccc(Nc2nc(C(=O)NCCC(=O)NC(C)C)cs2)c1. The normalized spacial score (nSPS) is 10.4. The molecule has 25 heavy (non-hydrogen) atoms. The predicted octanol–water partition coefficient (Wildman–Crippen LogP) is 2.54. The first-order valence-electron chi connectivity index (χ1n) is 7.92. The van der Waals surface area contributed by atoms with Gasteiger partial charge in [-0.05, 0) is 26.0 Å². The molecule has 0 aliphatic carbocycles. The van der Waals surface area contributed by atoms with Crippen molar-refractivity contribution in [1.29, 1.82) is 0 Å². The third kappa shape index (κ3) is 6.07. The Balaban J connectivity index is 1.85. The number of hydrogen-bond donors (Lipinski definition) is 3. The number of amides is 2. The zero-order valence-corrected chi connectivity index (χ0v) is 15.3. The number of benzene rings is 1. The molecular weight excluding hydrogens is 340 g/mol. The highest BCUT2D eigenvalue weighted by Crippen LogP contribution is 2.23. The fourth-order valence-corrected chi connectivity index (χ4v) is 2.74. The minimum absolute atomic E-state index is 0.0889. The smallest absolute Gasteiger partial charge is 0.270 e. The molecule has 0 saturated heterocycles. The molecule has 1 aromatic heterocycles. The van der Waals surface area contributed by atoms with E-state index in [1.54, 1.807) is 12.5 Å². The van der Waals surface area contributed by atoms with Gasteiger partial charge in [-0.1, -0.05) is 6.07 Å². The van der Waals surface area contributed by atoms with E-state index in [2.05, 4.69) is 20.9 Å². The van der Waals surface area contributed by atoms with Crippen molar-refractivity contribution >= 4 is 34.0 Å². The fraction of sp³-hybridized carbons (Fsp3) is 0.353. The molecule has 7 nitrogen and oxygen atoms in total. The van der Waals surface area contributed by atoms with Crippen molar-refractivity contribution in [3.8, 4) is 5.75 Å².